The fraction of sp³-hybridized carbons (Fsp3) is 0.240. The number of carbonyl (C=O) groups is 1. The number of anilines is 2. The first-order valence-corrected chi connectivity index (χ1v) is 10.7. The predicted octanol–water partition coefficient (Wildman–Crippen LogP) is 6.63. The molecule has 1 fully saturated rings. The molecule has 0 spiro atoms. The second kappa shape index (κ2) is 9.23. The van der Waals surface area contributed by atoms with E-state index in [0.29, 0.717) is 16.8 Å². The van der Waals surface area contributed by atoms with E-state index in [-0.39, 0.29) is 5.91 Å². The molecule has 1 N–H and O–H groups in total. The van der Waals surface area contributed by atoms with E-state index < -0.39 is 0 Å². The van der Waals surface area contributed by atoms with Crippen LogP contribution in [-0.4, -0.2) is 18.5 Å². The van der Waals surface area contributed by atoms with Gasteiger partial charge in [-0.05, 0) is 92.9 Å². The Morgan fingerprint density at radius 1 is 1.07 bits per heavy atom. The highest BCUT2D eigenvalue weighted by molar-refractivity contribution is 6.30. The maximum atomic E-state index is 12.3. The average Bonchev–Trinajstić information content (AvgIpc) is 3.23. The van der Waals surface area contributed by atoms with Gasteiger partial charge in [0.15, 0.2) is 0 Å². The Hall–Kier alpha value is -2.98. The molecular formula is C25H25ClN2O2. The number of nitrogens with zero attached hydrogens (tertiary/aromatic N) is 1. The Morgan fingerprint density at radius 3 is 2.57 bits per heavy atom. The topological polar surface area (TPSA) is 45.5 Å². The number of nitrogens with one attached hydrogen (secondary N) is 1. The van der Waals surface area contributed by atoms with E-state index in [2.05, 4.69) is 29.3 Å². The minimum Gasteiger partial charge on any atom is -0.457 e. The molecule has 1 saturated heterocycles. The SMILES string of the molecule is C[C@@H]1CCCCN1c1ccc(NC(=O)/C=C/c2ccc(-c3ccc(Cl)cc3)o2)cc1. The van der Waals surface area contributed by atoms with E-state index in [1.807, 2.05) is 48.5 Å². The maximum absolute atomic E-state index is 12.3. The van der Waals surface area contributed by atoms with Crippen LogP contribution in [0.25, 0.3) is 17.4 Å². The second-order valence-electron chi connectivity index (χ2n) is 7.62. The molecular weight excluding hydrogens is 396 g/mol. The molecule has 0 saturated carbocycles. The fourth-order valence-electron chi connectivity index (χ4n) is 3.77. The molecule has 0 radical (unpaired) electrons. The highest BCUT2D eigenvalue weighted by Gasteiger charge is 2.18. The summed E-state index contributed by atoms with van der Waals surface area (Å²) in [6.45, 7) is 3.36. The summed E-state index contributed by atoms with van der Waals surface area (Å²) in [5.41, 5.74) is 2.92. The van der Waals surface area contributed by atoms with Crippen molar-refractivity contribution in [2.45, 2.75) is 32.2 Å². The molecule has 4 nitrogen and oxygen atoms in total. The van der Waals surface area contributed by atoms with E-state index in [0.717, 1.165) is 23.6 Å². The number of hydrogen-bond acceptors (Lipinski definition) is 3. The lowest BCUT2D eigenvalue weighted by molar-refractivity contribution is -0.111. The first-order chi connectivity index (χ1) is 14.6. The first kappa shape index (κ1) is 20.3. The lowest BCUT2D eigenvalue weighted by atomic mass is 10.0. The molecule has 30 heavy (non-hydrogen) atoms. The van der Waals surface area contributed by atoms with E-state index in [1.165, 1.54) is 31.0 Å². The van der Waals surface area contributed by atoms with Crippen LogP contribution in [0.5, 0.6) is 0 Å². The Kier molecular flexibility index (Phi) is 6.24. The van der Waals surface area contributed by atoms with Crippen LogP contribution < -0.4 is 10.2 Å². The first-order valence-electron chi connectivity index (χ1n) is 10.3. The normalized spacial score (nSPS) is 16.7. The van der Waals surface area contributed by atoms with E-state index in [9.17, 15) is 4.79 Å². The lowest BCUT2D eigenvalue weighted by Crippen LogP contribution is -2.37. The second-order valence-corrected chi connectivity index (χ2v) is 8.05. The largest absolute Gasteiger partial charge is 0.457 e. The summed E-state index contributed by atoms with van der Waals surface area (Å²) in [5.74, 6) is 1.15. The van der Waals surface area contributed by atoms with Gasteiger partial charge >= 0.3 is 0 Å². The molecule has 1 amide bonds. The third-order valence-corrected chi connectivity index (χ3v) is 5.68. The van der Waals surface area contributed by atoms with Crippen molar-refractivity contribution < 1.29 is 9.21 Å². The molecule has 0 aliphatic carbocycles. The molecule has 4 rings (SSSR count). The molecule has 5 heteroatoms. The van der Waals surface area contributed by atoms with Gasteiger partial charge in [-0.2, -0.15) is 0 Å². The zero-order valence-corrected chi connectivity index (χ0v) is 17.7. The summed E-state index contributed by atoms with van der Waals surface area (Å²) >= 11 is 5.92. The molecule has 3 aromatic rings. The van der Waals surface area contributed by atoms with Gasteiger partial charge in [-0.15, -0.1) is 0 Å². The smallest absolute Gasteiger partial charge is 0.248 e. The van der Waals surface area contributed by atoms with Crippen LogP contribution in [0.1, 0.15) is 31.9 Å². The molecule has 0 unspecified atom stereocenters. The van der Waals surface area contributed by atoms with Crippen LogP contribution in [0.4, 0.5) is 11.4 Å². The summed E-state index contributed by atoms with van der Waals surface area (Å²) in [7, 11) is 0. The Balaban J connectivity index is 1.35. The van der Waals surface area contributed by atoms with Gasteiger partial charge in [-0.3, -0.25) is 4.79 Å². The minimum atomic E-state index is -0.196. The average molecular weight is 421 g/mol. The van der Waals surface area contributed by atoms with Gasteiger partial charge in [-0.25, -0.2) is 0 Å². The van der Waals surface area contributed by atoms with Gasteiger partial charge < -0.3 is 14.6 Å². The summed E-state index contributed by atoms with van der Waals surface area (Å²) in [5, 5.41) is 3.58. The maximum Gasteiger partial charge on any atom is 0.248 e. The molecule has 1 atom stereocenters. The minimum absolute atomic E-state index is 0.196. The van der Waals surface area contributed by atoms with Crippen molar-refractivity contribution in [3.8, 4) is 11.3 Å². The van der Waals surface area contributed by atoms with Gasteiger partial charge in [0, 0.05) is 40.6 Å². The van der Waals surface area contributed by atoms with E-state index in [4.69, 9.17) is 16.0 Å². The van der Waals surface area contributed by atoms with Crippen LogP contribution in [0.2, 0.25) is 5.02 Å². The van der Waals surface area contributed by atoms with Crippen molar-refractivity contribution in [2.24, 2.45) is 0 Å². The molecule has 1 aliphatic heterocycles. The van der Waals surface area contributed by atoms with Crippen molar-refractivity contribution in [2.75, 3.05) is 16.8 Å². The van der Waals surface area contributed by atoms with Gasteiger partial charge in [0.1, 0.15) is 11.5 Å². The highest BCUT2D eigenvalue weighted by atomic mass is 35.5. The lowest BCUT2D eigenvalue weighted by Gasteiger charge is -2.35. The summed E-state index contributed by atoms with van der Waals surface area (Å²) in [6.07, 6.45) is 6.91. The molecule has 1 aliphatic rings. The molecule has 2 heterocycles. The van der Waals surface area contributed by atoms with Crippen molar-refractivity contribution in [3.05, 3.63) is 77.5 Å². The van der Waals surface area contributed by atoms with Gasteiger partial charge in [0.25, 0.3) is 0 Å². The van der Waals surface area contributed by atoms with Gasteiger partial charge in [0.05, 0.1) is 0 Å². The van der Waals surface area contributed by atoms with Crippen LogP contribution in [0, 0.1) is 0 Å². The third-order valence-electron chi connectivity index (χ3n) is 5.42. The van der Waals surface area contributed by atoms with E-state index in [1.54, 1.807) is 6.08 Å². The highest BCUT2D eigenvalue weighted by Crippen LogP contribution is 2.26. The summed E-state index contributed by atoms with van der Waals surface area (Å²) in [4.78, 5) is 14.7. The quantitative estimate of drug-likeness (QED) is 0.471. The molecule has 0 bridgehead atoms. The summed E-state index contributed by atoms with van der Waals surface area (Å²) in [6, 6.07) is 19.8. The molecule has 1 aromatic heterocycles. The monoisotopic (exact) mass is 420 g/mol. The number of rotatable bonds is 5. The number of piperidine rings is 1. The standard InChI is InChI=1S/C25H25ClN2O2/c1-18-4-2-3-17-28(18)22-11-9-21(10-12-22)27-25(29)16-14-23-13-15-24(30-23)19-5-7-20(26)8-6-19/h5-16,18H,2-4,17H2,1H3,(H,27,29)/b16-14+/t18-/m1/s1. The number of halogens is 1. The summed E-state index contributed by atoms with van der Waals surface area (Å²) < 4.78 is 5.79. The number of hydrogen-bond donors (Lipinski definition) is 1. The zero-order valence-electron chi connectivity index (χ0n) is 17.0. The van der Waals surface area contributed by atoms with Crippen LogP contribution in [0.15, 0.2) is 71.2 Å². The zero-order chi connectivity index (χ0) is 20.9. The van der Waals surface area contributed by atoms with Gasteiger partial charge in [-0.1, -0.05) is 11.6 Å². The van der Waals surface area contributed by atoms with Crippen LogP contribution in [0.3, 0.4) is 0 Å². The van der Waals surface area contributed by atoms with Crippen molar-refractivity contribution in [1.82, 2.24) is 0 Å². The Bertz CT molecular complexity index is 1020. The van der Waals surface area contributed by atoms with Crippen molar-refractivity contribution in [3.63, 3.8) is 0 Å². The Labute approximate surface area is 182 Å². The van der Waals surface area contributed by atoms with Crippen LogP contribution in [-0.2, 0) is 4.79 Å². The number of furan rings is 1. The van der Waals surface area contributed by atoms with Crippen molar-refractivity contribution in [1.29, 1.82) is 0 Å². The fourth-order valence-corrected chi connectivity index (χ4v) is 3.90. The Morgan fingerprint density at radius 2 is 1.83 bits per heavy atom. The number of amides is 1. The predicted molar refractivity (Wildman–Crippen MR) is 124 cm³/mol. The van der Waals surface area contributed by atoms with Crippen LogP contribution >= 0.6 is 11.6 Å². The van der Waals surface area contributed by atoms with Crippen molar-refractivity contribution >= 4 is 35.0 Å². The molecule has 2 aromatic carbocycles. The van der Waals surface area contributed by atoms with Gasteiger partial charge in [0.2, 0.25) is 5.91 Å². The molecule has 154 valence electrons. The number of benzene rings is 2. The third kappa shape index (κ3) is 4.95. The van der Waals surface area contributed by atoms with E-state index >= 15 is 0 Å². The number of carbonyl (C=O) groups excluding carboxylic acids is 1.